The Bertz CT molecular complexity index is 284. The third-order valence-electron chi connectivity index (χ3n) is 3.76. The number of carbonyl (C=O) groups excluding carboxylic acids is 1. The number of esters is 1. The van der Waals surface area contributed by atoms with Crippen LogP contribution in [0.1, 0.15) is 41.0 Å². The van der Waals surface area contributed by atoms with Crippen LogP contribution in [0.5, 0.6) is 0 Å². The first kappa shape index (κ1) is 19.4. The molecule has 1 N–H and O–H groups in total. The van der Waals surface area contributed by atoms with E-state index in [-0.39, 0.29) is 12.0 Å². The number of nitrogens with zero attached hydrogens (tertiary/aromatic N) is 1. The molecule has 5 heteroatoms. The molecular weight excluding hydrogens is 256 g/mol. The van der Waals surface area contributed by atoms with Gasteiger partial charge in [-0.3, -0.25) is 9.69 Å². The monoisotopic (exact) mass is 288 g/mol. The second kappa shape index (κ2) is 9.32. The summed E-state index contributed by atoms with van der Waals surface area (Å²) in [4.78, 5) is 14.5. The first-order chi connectivity index (χ1) is 9.32. The molecule has 0 saturated carbocycles. The van der Waals surface area contributed by atoms with Gasteiger partial charge in [-0.05, 0) is 48.1 Å². The van der Waals surface area contributed by atoms with Crippen molar-refractivity contribution >= 4 is 5.97 Å². The molecule has 0 aromatic heterocycles. The molecule has 0 rings (SSSR count). The fourth-order valence-electron chi connectivity index (χ4n) is 2.47. The summed E-state index contributed by atoms with van der Waals surface area (Å²) in [5.41, 5.74) is -0.657. The number of rotatable bonds is 10. The van der Waals surface area contributed by atoms with Crippen LogP contribution in [0.3, 0.4) is 0 Å². The van der Waals surface area contributed by atoms with Gasteiger partial charge in [0.15, 0.2) is 0 Å². The third kappa shape index (κ3) is 5.77. The fourth-order valence-corrected chi connectivity index (χ4v) is 2.47. The normalized spacial score (nSPS) is 16.2. The lowest BCUT2D eigenvalue weighted by Gasteiger charge is -2.37. The Labute approximate surface area is 124 Å². The summed E-state index contributed by atoms with van der Waals surface area (Å²) in [6, 6.07) is 0.662. The zero-order valence-corrected chi connectivity index (χ0v) is 14.2. The number of hydrogen-bond donors (Lipinski definition) is 1. The molecular formula is C15H32N2O3. The molecule has 0 heterocycles. The van der Waals surface area contributed by atoms with Crippen LogP contribution in [0.4, 0.5) is 0 Å². The highest BCUT2D eigenvalue weighted by Gasteiger charge is 2.36. The van der Waals surface area contributed by atoms with Gasteiger partial charge in [0, 0.05) is 25.7 Å². The summed E-state index contributed by atoms with van der Waals surface area (Å²) in [5, 5.41) is 3.11. The number of likely N-dealkylation sites (N-methyl/N-ethyl adjacent to an activating group) is 1. The maximum absolute atomic E-state index is 12.1. The van der Waals surface area contributed by atoms with Gasteiger partial charge in [-0.2, -0.15) is 0 Å². The van der Waals surface area contributed by atoms with Crippen molar-refractivity contribution < 1.29 is 14.3 Å². The fraction of sp³-hybridized carbons (Fsp3) is 0.933. The summed E-state index contributed by atoms with van der Waals surface area (Å²) >= 11 is 0. The second-order valence-corrected chi connectivity index (χ2v) is 5.68. The Morgan fingerprint density at radius 2 is 1.95 bits per heavy atom. The quantitative estimate of drug-likeness (QED) is 0.620. The molecule has 0 aliphatic rings. The van der Waals surface area contributed by atoms with Crippen LogP contribution in [0.25, 0.3) is 0 Å². The highest BCUT2D eigenvalue weighted by molar-refractivity contribution is 5.80. The zero-order valence-electron chi connectivity index (χ0n) is 14.2. The van der Waals surface area contributed by atoms with Gasteiger partial charge in [0.25, 0.3) is 0 Å². The number of carbonyl (C=O) groups is 1. The van der Waals surface area contributed by atoms with Crippen molar-refractivity contribution in [3.63, 3.8) is 0 Å². The summed E-state index contributed by atoms with van der Waals surface area (Å²) in [6.45, 7) is 12.1. The van der Waals surface area contributed by atoms with E-state index in [1.807, 2.05) is 13.8 Å². The molecule has 0 amide bonds. The van der Waals surface area contributed by atoms with Crippen LogP contribution >= 0.6 is 0 Å². The molecule has 0 spiro atoms. The Hall–Kier alpha value is -0.650. The van der Waals surface area contributed by atoms with E-state index in [2.05, 4.69) is 31.0 Å². The molecule has 0 aliphatic carbocycles. The average Bonchev–Trinajstić information content (AvgIpc) is 2.38. The summed E-state index contributed by atoms with van der Waals surface area (Å²) in [6.07, 6.45) is 0.699. The highest BCUT2D eigenvalue weighted by atomic mass is 16.5. The van der Waals surface area contributed by atoms with Crippen molar-refractivity contribution in [1.82, 2.24) is 10.2 Å². The van der Waals surface area contributed by atoms with Crippen LogP contribution in [0, 0.1) is 0 Å². The van der Waals surface area contributed by atoms with Gasteiger partial charge in [0.05, 0.1) is 13.2 Å². The minimum absolute atomic E-state index is 0.190. The van der Waals surface area contributed by atoms with Crippen LogP contribution in [-0.4, -0.2) is 62.4 Å². The van der Waals surface area contributed by atoms with E-state index in [0.29, 0.717) is 25.7 Å². The van der Waals surface area contributed by atoms with E-state index in [1.165, 1.54) is 0 Å². The predicted molar refractivity (Wildman–Crippen MR) is 81.9 cm³/mol. The van der Waals surface area contributed by atoms with Crippen LogP contribution in [-0.2, 0) is 14.3 Å². The Kier molecular flexibility index (Phi) is 9.01. The largest absolute Gasteiger partial charge is 0.465 e. The Balaban J connectivity index is 4.79. The molecule has 0 radical (unpaired) electrons. The smallest absolute Gasteiger partial charge is 0.326 e. The van der Waals surface area contributed by atoms with Crippen molar-refractivity contribution in [3.05, 3.63) is 0 Å². The van der Waals surface area contributed by atoms with Gasteiger partial charge in [-0.1, -0.05) is 0 Å². The van der Waals surface area contributed by atoms with Crippen molar-refractivity contribution in [3.8, 4) is 0 Å². The van der Waals surface area contributed by atoms with E-state index in [9.17, 15) is 4.79 Å². The number of ether oxygens (including phenoxy) is 2. The third-order valence-corrected chi connectivity index (χ3v) is 3.76. The first-order valence-corrected chi connectivity index (χ1v) is 7.43. The van der Waals surface area contributed by atoms with Crippen molar-refractivity contribution in [1.29, 1.82) is 0 Å². The summed E-state index contributed by atoms with van der Waals surface area (Å²) < 4.78 is 10.3. The van der Waals surface area contributed by atoms with Crippen molar-refractivity contribution in [2.75, 3.05) is 33.9 Å². The minimum atomic E-state index is -0.657. The molecule has 2 atom stereocenters. The van der Waals surface area contributed by atoms with Gasteiger partial charge in [0.1, 0.15) is 5.54 Å². The Morgan fingerprint density at radius 1 is 1.35 bits per heavy atom. The maximum atomic E-state index is 12.1. The van der Waals surface area contributed by atoms with Gasteiger partial charge in [0.2, 0.25) is 0 Å². The van der Waals surface area contributed by atoms with Crippen molar-refractivity contribution in [2.24, 2.45) is 0 Å². The SMILES string of the molecule is CCOC(=O)C(C)(CC(C)N(CCOC)C(C)C)NC. The molecule has 2 unspecified atom stereocenters. The summed E-state index contributed by atoms with van der Waals surface area (Å²) in [5.74, 6) is -0.190. The number of nitrogens with one attached hydrogen (secondary N) is 1. The molecule has 0 aromatic rings. The lowest BCUT2D eigenvalue weighted by molar-refractivity contribution is -0.151. The van der Waals surface area contributed by atoms with E-state index in [1.54, 1.807) is 14.2 Å². The van der Waals surface area contributed by atoms with E-state index in [0.717, 1.165) is 6.54 Å². The molecule has 0 bridgehead atoms. The Morgan fingerprint density at radius 3 is 2.35 bits per heavy atom. The van der Waals surface area contributed by atoms with E-state index < -0.39 is 5.54 Å². The van der Waals surface area contributed by atoms with Crippen LogP contribution in [0.15, 0.2) is 0 Å². The van der Waals surface area contributed by atoms with Gasteiger partial charge < -0.3 is 14.8 Å². The lowest BCUT2D eigenvalue weighted by atomic mass is 9.92. The van der Waals surface area contributed by atoms with Crippen LogP contribution < -0.4 is 5.32 Å². The molecule has 0 fully saturated rings. The molecule has 0 saturated heterocycles. The minimum Gasteiger partial charge on any atom is -0.465 e. The molecule has 120 valence electrons. The molecule has 0 aromatic carbocycles. The number of hydrogen-bond acceptors (Lipinski definition) is 5. The van der Waals surface area contributed by atoms with Gasteiger partial charge in [-0.15, -0.1) is 0 Å². The van der Waals surface area contributed by atoms with E-state index >= 15 is 0 Å². The van der Waals surface area contributed by atoms with Crippen LogP contribution in [0.2, 0.25) is 0 Å². The van der Waals surface area contributed by atoms with E-state index in [4.69, 9.17) is 9.47 Å². The number of methoxy groups -OCH3 is 1. The standard InChI is InChI=1S/C15H32N2O3/c1-8-20-14(18)15(5,16-6)11-13(4)17(12(2)3)9-10-19-7/h12-13,16H,8-11H2,1-7H3. The lowest BCUT2D eigenvalue weighted by Crippen LogP contribution is -2.54. The maximum Gasteiger partial charge on any atom is 0.326 e. The average molecular weight is 288 g/mol. The van der Waals surface area contributed by atoms with Gasteiger partial charge >= 0.3 is 5.97 Å². The molecule has 0 aliphatic heterocycles. The molecule has 5 nitrogen and oxygen atoms in total. The first-order valence-electron chi connectivity index (χ1n) is 7.43. The summed E-state index contributed by atoms with van der Waals surface area (Å²) in [7, 11) is 3.51. The predicted octanol–water partition coefficient (Wildman–Crippen LogP) is 1.66. The second-order valence-electron chi connectivity index (χ2n) is 5.68. The highest BCUT2D eigenvalue weighted by Crippen LogP contribution is 2.19. The topological polar surface area (TPSA) is 50.8 Å². The van der Waals surface area contributed by atoms with Gasteiger partial charge in [-0.25, -0.2) is 0 Å². The molecule has 20 heavy (non-hydrogen) atoms. The van der Waals surface area contributed by atoms with Crippen molar-refractivity contribution in [2.45, 2.75) is 58.7 Å². The zero-order chi connectivity index (χ0) is 15.8.